The lowest BCUT2D eigenvalue weighted by Crippen LogP contribution is -2.30. The molecule has 0 saturated carbocycles. The Bertz CT molecular complexity index is 1540. The largest absolute Gasteiger partial charge is 0.462 e. The zero-order chi connectivity index (χ0) is 57.1. The van der Waals surface area contributed by atoms with Crippen LogP contribution >= 0.6 is 0 Å². The maximum absolute atomic E-state index is 13.0. The van der Waals surface area contributed by atoms with E-state index in [9.17, 15) is 14.4 Å². The van der Waals surface area contributed by atoms with Gasteiger partial charge in [-0.05, 0) is 96.3 Å². The minimum absolute atomic E-state index is 0.0854. The van der Waals surface area contributed by atoms with Gasteiger partial charge in [-0.1, -0.05) is 311 Å². The summed E-state index contributed by atoms with van der Waals surface area (Å²) < 4.78 is 17.0. The highest BCUT2D eigenvalue weighted by atomic mass is 16.6. The van der Waals surface area contributed by atoms with Gasteiger partial charge in [-0.25, -0.2) is 0 Å². The minimum Gasteiger partial charge on any atom is -0.462 e. The number of hydrogen-bond acceptors (Lipinski definition) is 6. The summed E-state index contributed by atoms with van der Waals surface area (Å²) in [5, 5.41) is 0. The SMILES string of the molecule is CC/C=C\C/C=C\C/C=C\C/C=C\CCCCCCCCCCCCC(=O)OCC(COC(=O)CCCCCC/C=C\C/C=C\C/C=C\C/C=C\CC)OC(=O)CCCCCCCCCCCCCCCCCCCCCCC. The van der Waals surface area contributed by atoms with Crippen molar-refractivity contribution in [3.63, 3.8) is 0 Å². The van der Waals surface area contributed by atoms with E-state index < -0.39 is 6.10 Å². The molecule has 6 heteroatoms. The van der Waals surface area contributed by atoms with Crippen LogP contribution in [0.15, 0.2) is 97.2 Å². The second kappa shape index (κ2) is 66.8. The molecule has 79 heavy (non-hydrogen) atoms. The topological polar surface area (TPSA) is 78.9 Å². The molecule has 1 unspecified atom stereocenters. The van der Waals surface area contributed by atoms with E-state index in [-0.39, 0.29) is 31.1 Å². The van der Waals surface area contributed by atoms with Crippen molar-refractivity contribution in [2.45, 2.75) is 335 Å². The Hall–Kier alpha value is -3.67. The number of allylic oxidation sites excluding steroid dienone is 16. The second-order valence-electron chi connectivity index (χ2n) is 22.3. The summed E-state index contributed by atoms with van der Waals surface area (Å²) in [7, 11) is 0. The second-order valence-corrected chi connectivity index (χ2v) is 22.3. The fourth-order valence-corrected chi connectivity index (χ4v) is 9.60. The van der Waals surface area contributed by atoms with Crippen LogP contribution in [0.3, 0.4) is 0 Å². The maximum Gasteiger partial charge on any atom is 0.306 e. The monoisotopic (exact) mass is 1100 g/mol. The van der Waals surface area contributed by atoms with Gasteiger partial charge in [0.2, 0.25) is 0 Å². The molecule has 0 amide bonds. The Morgan fingerprint density at radius 2 is 0.494 bits per heavy atom. The number of carbonyl (C=O) groups excluding carboxylic acids is 3. The van der Waals surface area contributed by atoms with E-state index in [1.54, 1.807) is 0 Å². The van der Waals surface area contributed by atoms with Crippen LogP contribution in [-0.2, 0) is 28.6 Å². The molecule has 0 aromatic carbocycles. The van der Waals surface area contributed by atoms with Gasteiger partial charge in [-0.15, -0.1) is 0 Å². The van der Waals surface area contributed by atoms with Crippen molar-refractivity contribution < 1.29 is 28.6 Å². The first-order valence-electron chi connectivity index (χ1n) is 33.7. The Balaban J connectivity index is 4.38. The van der Waals surface area contributed by atoms with Crippen molar-refractivity contribution in [2.24, 2.45) is 0 Å². The molecule has 1 atom stereocenters. The van der Waals surface area contributed by atoms with Crippen molar-refractivity contribution in [3.05, 3.63) is 97.2 Å². The first-order valence-corrected chi connectivity index (χ1v) is 33.7. The average molecular weight is 1100 g/mol. The van der Waals surface area contributed by atoms with Crippen LogP contribution in [0.4, 0.5) is 0 Å². The highest BCUT2D eigenvalue weighted by Crippen LogP contribution is 2.17. The third kappa shape index (κ3) is 65.0. The summed E-state index contributed by atoms with van der Waals surface area (Å²) >= 11 is 0. The zero-order valence-electron chi connectivity index (χ0n) is 52.1. The molecular weight excluding hydrogens is 973 g/mol. The first kappa shape index (κ1) is 75.3. The third-order valence-corrected chi connectivity index (χ3v) is 14.6. The molecule has 0 aliphatic heterocycles. The Labute approximate surface area is 489 Å². The zero-order valence-corrected chi connectivity index (χ0v) is 52.1. The van der Waals surface area contributed by atoms with E-state index >= 15 is 0 Å². The van der Waals surface area contributed by atoms with Gasteiger partial charge in [0, 0.05) is 19.3 Å². The molecule has 0 radical (unpaired) electrons. The van der Waals surface area contributed by atoms with Gasteiger partial charge in [0.1, 0.15) is 13.2 Å². The van der Waals surface area contributed by atoms with Gasteiger partial charge in [-0.2, -0.15) is 0 Å². The van der Waals surface area contributed by atoms with E-state index in [4.69, 9.17) is 14.2 Å². The highest BCUT2D eigenvalue weighted by molar-refractivity contribution is 5.71. The van der Waals surface area contributed by atoms with Gasteiger partial charge in [-0.3, -0.25) is 14.4 Å². The molecule has 0 rings (SSSR count). The van der Waals surface area contributed by atoms with Gasteiger partial charge in [0.15, 0.2) is 6.10 Å². The van der Waals surface area contributed by atoms with Crippen LogP contribution in [0.5, 0.6) is 0 Å². The predicted octanol–water partition coefficient (Wildman–Crippen LogP) is 23.2. The molecule has 0 fully saturated rings. The van der Waals surface area contributed by atoms with E-state index in [1.807, 2.05) is 0 Å². The number of ether oxygens (including phenoxy) is 3. The van der Waals surface area contributed by atoms with Gasteiger partial charge in [0.05, 0.1) is 0 Å². The van der Waals surface area contributed by atoms with Crippen molar-refractivity contribution >= 4 is 17.9 Å². The van der Waals surface area contributed by atoms with Crippen molar-refractivity contribution in [1.29, 1.82) is 0 Å². The molecule has 0 N–H and O–H groups in total. The molecule has 0 aromatic heterocycles. The molecule has 0 saturated heterocycles. The molecule has 0 aromatic rings. The Kier molecular flexibility index (Phi) is 63.7. The smallest absolute Gasteiger partial charge is 0.306 e. The molecule has 0 aliphatic carbocycles. The lowest BCUT2D eigenvalue weighted by Gasteiger charge is -2.18. The summed E-state index contributed by atoms with van der Waals surface area (Å²) in [6, 6.07) is 0. The number of rotatable bonds is 61. The van der Waals surface area contributed by atoms with Gasteiger partial charge >= 0.3 is 17.9 Å². The number of hydrogen-bond donors (Lipinski definition) is 0. The summed E-state index contributed by atoms with van der Waals surface area (Å²) in [6.07, 6.45) is 89.9. The van der Waals surface area contributed by atoms with Gasteiger partial charge in [0.25, 0.3) is 0 Å². The summed E-state index contributed by atoms with van der Waals surface area (Å²) in [5.41, 5.74) is 0. The third-order valence-electron chi connectivity index (χ3n) is 14.6. The van der Waals surface area contributed by atoms with Crippen molar-refractivity contribution in [1.82, 2.24) is 0 Å². The van der Waals surface area contributed by atoms with E-state index in [0.717, 1.165) is 122 Å². The molecule has 0 heterocycles. The summed E-state index contributed by atoms with van der Waals surface area (Å²) in [6.45, 7) is 6.44. The fourth-order valence-electron chi connectivity index (χ4n) is 9.60. The normalized spacial score (nSPS) is 12.7. The molecule has 0 spiro atoms. The van der Waals surface area contributed by atoms with Crippen LogP contribution in [0.1, 0.15) is 329 Å². The van der Waals surface area contributed by atoms with Crippen molar-refractivity contribution in [2.75, 3.05) is 13.2 Å². The van der Waals surface area contributed by atoms with E-state index in [1.165, 1.54) is 167 Å². The minimum atomic E-state index is -0.791. The van der Waals surface area contributed by atoms with E-state index in [0.29, 0.717) is 19.3 Å². The highest BCUT2D eigenvalue weighted by Gasteiger charge is 2.19. The lowest BCUT2D eigenvalue weighted by molar-refractivity contribution is -0.167. The standard InChI is InChI=1S/C73H126O6/c1-4-7-10-13-16-19-22-25-28-31-33-35-36-38-39-42-45-48-51-54-57-60-63-66-72(75)78-69-70(68-77-71(74)65-62-59-56-53-50-47-44-41-30-27-24-21-18-15-12-9-6-3)79-73(76)67-64-61-58-55-52-49-46-43-40-37-34-32-29-26-23-20-17-14-11-8-5-2/h7,9-10,12,16,18-19,21,25,27-28,30,33,35,44,47,70H,4-6,8,11,13-15,17,20,22-24,26,29,31-32,34,36-43,45-46,48-69H2,1-3H3/b10-7-,12-9-,19-16-,21-18-,28-25-,30-27-,35-33-,47-44-. The molecule has 0 bridgehead atoms. The van der Waals surface area contributed by atoms with E-state index in [2.05, 4.69) is 118 Å². The molecule has 454 valence electrons. The maximum atomic E-state index is 13.0. The van der Waals surface area contributed by atoms with Crippen LogP contribution in [0, 0.1) is 0 Å². The number of unbranched alkanes of at least 4 members (excludes halogenated alkanes) is 34. The van der Waals surface area contributed by atoms with Gasteiger partial charge < -0.3 is 14.2 Å². The lowest BCUT2D eigenvalue weighted by atomic mass is 10.0. The summed E-state index contributed by atoms with van der Waals surface area (Å²) in [5.74, 6) is -0.898. The number of esters is 3. The first-order chi connectivity index (χ1) is 39.0. The average Bonchev–Trinajstić information content (AvgIpc) is 3.45. The van der Waals surface area contributed by atoms with Crippen LogP contribution in [0.2, 0.25) is 0 Å². The molecule has 0 aliphatic rings. The molecule has 6 nitrogen and oxygen atoms in total. The summed E-state index contributed by atoms with van der Waals surface area (Å²) in [4.78, 5) is 38.4. The molecular formula is C73H126O6. The van der Waals surface area contributed by atoms with Crippen LogP contribution in [0.25, 0.3) is 0 Å². The Morgan fingerprint density at radius 1 is 0.266 bits per heavy atom. The van der Waals surface area contributed by atoms with Crippen LogP contribution < -0.4 is 0 Å². The predicted molar refractivity (Wildman–Crippen MR) is 344 cm³/mol. The van der Waals surface area contributed by atoms with Crippen LogP contribution in [-0.4, -0.2) is 37.2 Å². The number of carbonyl (C=O) groups is 3. The van der Waals surface area contributed by atoms with Crippen molar-refractivity contribution in [3.8, 4) is 0 Å². The quantitative estimate of drug-likeness (QED) is 0.0261. The Morgan fingerprint density at radius 3 is 0.772 bits per heavy atom. The fraction of sp³-hybridized carbons (Fsp3) is 0.740.